The molecule has 10 saturated heterocycles. The van der Waals surface area contributed by atoms with Crippen molar-refractivity contribution in [3.63, 3.8) is 0 Å². The van der Waals surface area contributed by atoms with Gasteiger partial charge in [0, 0.05) is 0 Å². The molecule has 35 heavy (non-hydrogen) atoms. The fourth-order valence-corrected chi connectivity index (χ4v) is 103. The Bertz CT molecular complexity index is 1900. The molecule has 1 heteroatoms. The third-order valence-electron chi connectivity index (χ3n) is 19.9. The fraction of sp³-hybridized carbons (Fsp3) is 0.294. The van der Waals surface area contributed by atoms with Gasteiger partial charge < -0.3 is 0 Å². The summed E-state index contributed by atoms with van der Waals surface area (Å²) in [6.07, 6.45) is 0. The van der Waals surface area contributed by atoms with Crippen molar-refractivity contribution in [2.75, 3.05) is 0 Å². The summed E-state index contributed by atoms with van der Waals surface area (Å²) in [4.78, 5) is 6.33. The van der Waals surface area contributed by atoms with Crippen LogP contribution in [0.2, 0.25) is 28.9 Å². The van der Waals surface area contributed by atoms with Crippen LogP contribution in [-0.4, -0.2) is 0 Å². The molecule has 170 valence electrons. The SMILES string of the molecule is c1ccc([C]23[CH]4[CH]5[C]6(c7ccccc7)[CH]2[Fe]45362789[CH]3[CH]2[C]7(c2ccccc2)[CH]8[C]39c2ccccc2)cc1. The van der Waals surface area contributed by atoms with Crippen LogP contribution in [0, 0.1) is 0 Å². The quantitative estimate of drug-likeness (QED) is 0.256. The van der Waals surface area contributed by atoms with E-state index in [0.29, 0.717) is 17.3 Å². The van der Waals surface area contributed by atoms with Gasteiger partial charge >= 0.3 is 196 Å². The van der Waals surface area contributed by atoms with Gasteiger partial charge in [-0.15, -0.1) is 0 Å². The summed E-state index contributed by atoms with van der Waals surface area (Å²) in [7, 11) is 0. The minimum absolute atomic E-state index is 0.585. The monoisotopic (exact) mass is 490 g/mol. The second-order valence-electron chi connectivity index (χ2n) is 15.4. The van der Waals surface area contributed by atoms with Crippen LogP contribution in [0.3, 0.4) is 0 Å². The van der Waals surface area contributed by atoms with Crippen molar-refractivity contribution in [1.82, 2.24) is 0 Å². The number of fused-ring (bicyclic) bond motifs is 10. The molecule has 10 heterocycles. The number of hydrogen-bond acceptors (Lipinski definition) is 0. The maximum absolute atomic E-state index is 4.39. The van der Waals surface area contributed by atoms with E-state index in [1.165, 1.54) is 0 Å². The standard InChI is InChI=1S/2C17H13.Fe/c2*1-3-7-14(8-4-1)16-11-12-17(13-16)15-9-5-2-6-10-15;/h2*1-13H;. The Morgan fingerprint density at radius 2 is 0.571 bits per heavy atom. The molecule has 1 spiro atoms. The molecule has 8 unspecified atom stereocenters. The molecule has 0 saturated carbocycles. The van der Waals surface area contributed by atoms with Gasteiger partial charge in [-0.05, 0) is 0 Å². The van der Waals surface area contributed by atoms with Crippen LogP contribution in [-0.2, 0) is 23.8 Å². The Kier molecular flexibility index (Phi) is 0.948. The molecule has 10 fully saturated rings. The van der Waals surface area contributed by atoms with Crippen molar-refractivity contribution in [3.8, 4) is 0 Å². The molecule has 4 aromatic carbocycles. The first-order valence-corrected chi connectivity index (χ1v) is 19.6. The van der Waals surface area contributed by atoms with Crippen molar-refractivity contribution in [2.24, 2.45) is 0 Å². The second-order valence-corrected chi connectivity index (χ2v) is 38.0. The van der Waals surface area contributed by atoms with E-state index in [9.17, 15) is 0 Å². The van der Waals surface area contributed by atoms with Crippen molar-refractivity contribution >= 4 is 0 Å². The van der Waals surface area contributed by atoms with E-state index >= 15 is 0 Å². The third-order valence-corrected chi connectivity index (χ3v) is 63.5. The number of benzene rings is 4. The average molecular weight is 490 g/mol. The molecule has 14 rings (SSSR count). The van der Waals surface area contributed by atoms with Gasteiger partial charge in [-0.2, -0.15) is 0 Å². The van der Waals surface area contributed by atoms with E-state index < -0.39 is 6.51 Å². The van der Waals surface area contributed by atoms with Crippen LogP contribution < -0.4 is 0 Å². The van der Waals surface area contributed by atoms with E-state index in [1.807, 2.05) is 0 Å². The minimum atomic E-state index is -4.39. The summed E-state index contributed by atoms with van der Waals surface area (Å²) < 4.78 is 2.34. The topological polar surface area (TPSA) is 0 Å². The summed E-state index contributed by atoms with van der Waals surface area (Å²) in [5.74, 6) is 0. The molecule has 0 aliphatic carbocycles. The molecule has 0 bridgehead atoms. The Labute approximate surface area is 195 Å². The Morgan fingerprint density at radius 3 is 0.800 bits per heavy atom. The Balaban J connectivity index is 1.28. The van der Waals surface area contributed by atoms with Crippen molar-refractivity contribution < 1.29 is 6.51 Å². The van der Waals surface area contributed by atoms with Crippen molar-refractivity contribution in [1.29, 1.82) is 0 Å². The molecule has 0 N–H and O–H groups in total. The Hall–Kier alpha value is -2.60. The van der Waals surface area contributed by atoms with Gasteiger partial charge in [0.1, 0.15) is 0 Å². The van der Waals surface area contributed by atoms with Crippen LogP contribution in [0.4, 0.5) is 0 Å². The molecule has 8 atom stereocenters. The van der Waals surface area contributed by atoms with E-state index in [0.717, 1.165) is 28.9 Å². The van der Waals surface area contributed by atoms with Gasteiger partial charge in [-0.25, -0.2) is 0 Å². The van der Waals surface area contributed by atoms with Gasteiger partial charge in [0.2, 0.25) is 0 Å². The number of hydrogen-bond donors (Lipinski definition) is 0. The molecule has 0 aromatic heterocycles. The first kappa shape index (κ1) is 15.5. The molecule has 10 aliphatic rings. The molecular weight excluding hydrogens is 464 g/mol. The summed E-state index contributed by atoms with van der Waals surface area (Å²) >= 11 is 0. The molecule has 10 aliphatic heterocycles. The van der Waals surface area contributed by atoms with Crippen molar-refractivity contribution in [3.05, 3.63) is 144 Å². The normalized spacial score (nSPS) is 69.9. The fourth-order valence-electron chi connectivity index (χ4n) is 23.1. The van der Waals surface area contributed by atoms with Crippen LogP contribution in [0.5, 0.6) is 0 Å². The van der Waals surface area contributed by atoms with E-state index in [1.54, 1.807) is 22.3 Å². The summed E-state index contributed by atoms with van der Waals surface area (Å²) in [6.45, 7) is -4.39. The van der Waals surface area contributed by atoms with Crippen molar-refractivity contribution in [2.45, 2.75) is 46.2 Å². The predicted octanol–water partition coefficient (Wildman–Crippen LogP) is 7.80. The van der Waals surface area contributed by atoms with Crippen LogP contribution in [0.25, 0.3) is 0 Å². The molecule has 0 nitrogen and oxygen atoms in total. The van der Waals surface area contributed by atoms with Crippen LogP contribution >= 0.6 is 0 Å². The molecule has 0 amide bonds. The van der Waals surface area contributed by atoms with E-state index in [2.05, 4.69) is 121 Å². The molecular formula is C34H26Fe. The zero-order valence-electron chi connectivity index (χ0n) is 19.4. The van der Waals surface area contributed by atoms with Crippen LogP contribution in [0.15, 0.2) is 121 Å². The molecule has 4 aromatic rings. The third kappa shape index (κ3) is 0.291. The Morgan fingerprint density at radius 1 is 0.343 bits per heavy atom. The zero-order valence-corrected chi connectivity index (χ0v) is 20.5. The summed E-state index contributed by atoms with van der Waals surface area (Å²) in [5, 5.41) is 0. The number of rotatable bonds is 4. The van der Waals surface area contributed by atoms with Gasteiger partial charge in [-0.3, -0.25) is 0 Å². The maximum atomic E-state index is 2.58. The summed E-state index contributed by atoms with van der Waals surface area (Å²) in [6, 6.07) is 48.5. The summed E-state index contributed by atoms with van der Waals surface area (Å²) in [5.41, 5.74) is 7.14. The first-order valence-electron chi connectivity index (χ1n) is 13.6. The average Bonchev–Trinajstić information content (AvgIpc) is 3.90. The van der Waals surface area contributed by atoms with E-state index in [-0.39, 0.29) is 0 Å². The van der Waals surface area contributed by atoms with Gasteiger partial charge in [-0.1, -0.05) is 0 Å². The van der Waals surface area contributed by atoms with Gasteiger partial charge in [0.05, 0.1) is 0 Å². The van der Waals surface area contributed by atoms with Gasteiger partial charge in [0.25, 0.3) is 0 Å². The van der Waals surface area contributed by atoms with Crippen LogP contribution in [0.1, 0.15) is 22.3 Å². The first-order chi connectivity index (χ1) is 17.1. The van der Waals surface area contributed by atoms with E-state index in [4.69, 9.17) is 0 Å². The second kappa shape index (κ2) is 2.14. The predicted molar refractivity (Wildman–Crippen MR) is 135 cm³/mol. The zero-order chi connectivity index (χ0) is 22.2. The van der Waals surface area contributed by atoms with Gasteiger partial charge in [0.15, 0.2) is 0 Å². The molecule has 0 radical (unpaired) electrons.